The molecule has 1 aromatic carbocycles. The highest BCUT2D eigenvalue weighted by Crippen LogP contribution is 2.27. The topological polar surface area (TPSA) is 54.0 Å². The standard InChI is InChI=1S/C15H19N3OS/c1-10(16-3)9-17-15(19)14-13(18-11(2)20-14)12-7-5-4-6-8-12/h4-8,10,16H,9H2,1-3H3,(H,17,19). The Morgan fingerprint density at radius 2 is 2.05 bits per heavy atom. The molecular formula is C15H19N3OS. The highest BCUT2D eigenvalue weighted by Gasteiger charge is 2.18. The van der Waals surface area contributed by atoms with Crippen molar-refractivity contribution in [2.45, 2.75) is 19.9 Å². The van der Waals surface area contributed by atoms with Crippen LogP contribution in [-0.4, -0.2) is 30.5 Å². The summed E-state index contributed by atoms with van der Waals surface area (Å²) in [6.45, 7) is 4.54. The number of nitrogens with zero attached hydrogens (tertiary/aromatic N) is 1. The van der Waals surface area contributed by atoms with Crippen LogP contribution in [0.3, 0.4) is 0 Å². The van der Waals surface area contributed by atoms with Gasteiger partial charge in [0, 0.05) is 18.2 Å². The van der Waals surface area contributed by atoms with Gasteiger partial charge in [-0.05, 0) is 20.9 Å². The van der Waals surface area contributed by atoms with Gasteiger partial charge in [-0.15, -0.1) is 11.3 Å². The average molecular weight is 289 g/mol. The molecule has 106 valence electrons. The first-order valence-corrected chi connectivity index (χ1v) is 7.41. The summed E-state index contributed by atoms with van der Waals surface area (Å²) in [4.78, 5) is 17.5. The van der Waals surface area contributed by atoms with Gasteiger partial charge >= 0.3 is 0 Å². The van der Waals surface area contributed by atoms with Crippen molar-refractivity contribution in [3.63, 3.8) is 0 Å². The first kappa shape index (κ1) is 14.7. The van der Waals surface area contributed by atoms with E-state index in [1.54, 1.807) is 0 Å². The van der Waals surface area contributed by atoms with Crippen LogP contribution in [0.1, 0.15) is 21.6 Å². The number of thiazole rings is 1. The summed E-state index contributed by atoms with van der Waals surface area (Å²) in [5.74, 6) is -0.0587. The van der Waals surface area contributed by atoms with Gasteiger partial charge in [0.15, 0.2) is 0 Å². The highest BCUT2D eigenvalue weighted by molar-refractivity contribution is 7.14. The van der Waals surface area contributed by atoms with Crippen molar-refractivity contribution in [3.05, 3.63) is 40.2 Å². The van der Waals surface area contributed by atoms with Crippen LogP contribution in [0.2, 0.25) is 0 Å². The summed E-state index contributed by atoms with van der Waals surface area (Å²) in [6, 6.07) is 10.1. The van der Waals surface area contributed by atoms with Gasteiger partial charge in [-0.1, -0.05) is 30.3 Å². The predicted octanol–water partition coefficient (Wildman–Crippen LogP) is 2.46. The van der Waals surface area contributed by atoms with Crippen LogP contribution < -0.4 is 10.6 Å². The van der Waals surface area contributed by atoms with Gasteiger partial charge in [-0.25, -0.2) is 4.98 Å². The molecule has 0 bridgehead atoms. The van der Waals surface area contributed by atoms with E-state index in [1.807, 2.05) is 51.2 Å². The number of carbonyl (C=O) groups excluding carboxylic acids is 1. The largest absolute Gasteiger partial charge is 0.350 e. The lowest BCUT2D eigenvalue weighted by atomic mass is 10.1. The van der Waals surface area contributed by atoms with E-state index in [0.29, 0.717) is 11.4 Å². The number of hydrogen-bond acceptors (Lipinski definition) is 4. The molecule has 1 heterocycles. The van der Waals surface area contributed by atoms with Crippen LogP contribution in [-0.2, 0) is 0 Å². The van der Waals surface area contributed by atoms with Crippen molar-refractivity contribution in [2.75, 3.05) is 13.6 Å². The second-order valence-electron chi connectivity index (χ2n) is 4.68. The third-order valence-electron chi connectivity index (χ3n) is 3.05. The molecule has 20 heavy (non-hydrogen) atoms. The van der Waals surface area contributed by atoms with Crippen LogP contribution in [0.25, 0.3) is 11.3 Å². The number of aryl methyl sites for hydroxylation is 1. The third-order valence-corrected chi connectivity index (χ3v) is 4.02. The molecule has 1 unspecified atom stereocenters. The first-order valence-electron chi connectivity index (χ1n) is 6.60. The zero-order chi connectivity index (χ0) is 14.5. The van der Waals surface area contributed by atoms with Gasteiger partial charge in [-0.3, -0.25) is 4.79 Å². The average Bonchev–Trinajstić information content (AvgIpc) is 2.87. The minimum atomic E-state index is -0.0587. The second kappa shape index (κ2) is 6.63. The summed E-state index contributed by atoms with van der Waals surface area (Å²) >= 11 is 1.43. The highest BCUT2D eigenvalue weighted by atomic mass is 32.1. The number of aromatic nitrogens is 1. The summed E-state index contributed by atoms with van der Waals surface area (Å²) in [5.41, 5.74) is 1.74. The van der Waals surface area contributed by atoms with Crippen molar-refractivity contribution in [2.24, 2.45) is 0 Å². The molecule has 0 saturated heterocycles. The van der Waals surface area contributed by atoms with E-state index in [-0.39, 0.29) is 11.9 Å². The van der Waals surface area contributed by atoms with Crippen LogP contribution in [0, 0.1) is 6.92 Å². The second-order valence-corrected chi connectivity index (χ2v) is 5.88. The van der Waals surface area contributed by atoms with Crippen molar-refractivity contribution < 1.29 is 4.79 Å². The molecule has 0 aliphatic carbocycles. The molecule has 1 amide bonds. The molecule has 5 heteroatoms. The third kappa shape index (κ3) is 3.43. The number of likely N-dealkylation sites (N-methyl/N-ethyl adjacent to an activating group) is 1. The smallest absolute Gasteiger partial charge is 0.263 e. The lowest BCUT2D eigenvalue weighted by molar-refractivity contribution is 0.0955. The number of benzene rings is 1. The molecule has 0 aliphatic rings. The molecule has 1 atom stereocenters. The Morgan fingerprint density at radius 1 is 1.35 bits per heavy atom. The maximum absolute atomic E-state index is 12.3. The number of nitrogens with one attached hydrogen (secondary N) is 2. The van der Waals surface area contributed by atoms with Crippen molar-refractivity contribution in [1.82, 2.24) is 15.6 Å². The number of carbonyl (C=O) groups is 1. The number of hydrogen-bond donors (Lipinski definition) is 2. The van der Waals surface area contributed by atoms with Gasteiger partial charge in [-0.2, -0.15) is 0 Å². The fourth-order valence-electron chi connectivity index (χ4n) is 1.80. The Hall–Kier alpha value is -1.72. The Balaban J connectivity index is 2.22. The molecule has 0 fully saturated rings. The zero-order valence-electron chi connectivity index (χ0n) is 11.9. The lowest BCUT2D eigenvalue weighted by Crippen LogP contribution is -2.37. The number of amides is 1. The van der Waals surface area contributed by atoms with Crippen LogP contribution in [0.5, 0.6) is 0 Å². The van der Waals surface area contributed by atoms with Gasteiger partial charge in [0.25, 0.3) is 5.91 Å². The van der Waals surface area contributed by atoms with Crippen molar-refractivity contribution in [3.8, 4) is 11.3 Å². The first-order chi connectivity index (χ1) is 9.61. The summed E-state index contributed by atoms with van der Waals surface area (Å²) in [7, 11) is 1.88. The maximum atomic E-state index is 12.3. The van der Waals surface area contributed by atoms with Crippen molar-refractivity contribution >= 4 is 17.2 Å². The molecule has 2 aromatic rings. The quantitative estimate of drug-likeness (QED) is 0.889. The molecular weight excluding hydrogens is 270 g/mol. The van der Waals surface area contributed by atoms with E-state index in [1.165, 1.54) is 11.3 Å². The minimum absolute atomic E-state index is 0.0587. The SMILES string of the molecule is CNC(C)CNC(=O)c1sc(C)nc1-c1ccccc1. The molecule has 0 saturated carbocycles. The fourth-order valence-corrected chi connectivity index (χ4v) is 2.66. The van der Waals surface area contributed by atoms with Gasteiger partial charge < -0.3 is 10.6 Å². The molecule has 0 spiro atoms. The van der Waals surface area contributed by atoms with Gasteiger partial charge in [0.1, 0.15) is 4.88 Å². The van der Waals surface area contributed by atoms with E-state index < -0.39 is 0 Å². The molecule has 1 aromatic heterocycles. The molecule has 0 radical (unpaired) electrons. The monoisotopic (exact) mass is 289 g/mol. The lowest BCUT2D eigenvalue weighted by Gasteiger charge is -2.11. The van der Waals surface area contributed by atoms with Crippen LogP contribution in [0.15, 0.2) is 30.3 Å². The maximum Gasteiger partial charge on any atom is 0.263 e. The van der Waals surface area contributed by atoms with E-state index in [9.17, 15) is 4.79 Å². The minimum Gasteiger partial charge on any atom is -0.350 e. The molecule has 0 aliphatic heterocycles. The predicted molar refractivity (Wildman–Crippen MR) is 83.1 cm³/mol. The molecule has 2 rings (SSSR count). The molecule has 2 N–H and O–H groups in total. The van der Waals surface area contributed by atoms with E-state index in [2.05, 4.69) is 15.6 Å². The summed E-state index contributed by atoms with van der Waals surface area (Å²) in [6.07, 6.45) is 0. The van der Waals surface area contributed by atoms with Crippen molar-refractivity contribution in [1.29, 1.82) is 0 Å². The Morgan fingerprint density at radius 3 is 2.70 bits per heavy atom. The van der Waals surface area contributed by atoms with E-state index in [0.717, 1.165) is 16.3 Å². The Bertz CT molecular complexity index is 580. The fraction of sp³-hybridized carbons (Fsp3) is 0.333. The van der Waals surface area contributed by atoms with E-state index in [4.69, 9.17) is 0 Å². The number of rotatable bonds is 5. The van der Waals surface area contributed by atoms with Crippen LogP contribution in [0.4, 0.5) is 0 Å². The Labute approximate surface area is 123 Å². The van der Waals surface area contributed by atoms with E-state index >= 15 is 0 Å². The zero-order valence-corrected chi connectivity index (χ0v) is 12.8. The summed E-state index contributed by atoms with van der Waals surface area (Å²) in [5, 5.41) is 6.94. The van der Waals surface area contributed by atoms with Crippen LogP contribution >= 0.6 is 11.3 Å². The normalized spacial score (nSPS) is 12.2. The van der Waals surface area contributed by atoms with Gasteiger partial charge in [0.2, 0.25) is 0 Å². The summed E-state index contributed by atoms with van der Waals surface area (Å²) < 4.78 is 0. The molecule has 4 nitrogen and oxygen atoms in total. The Kier molecular flexibility index (Phi) is 4.87. The van der Waals surface area contributed by atoms with Gasteiger partial charge in [0.05, 0.1) is 10.7 Å².